The lowest BCUT2D eigenvalue weighted by atomic mass is 10.0. The van der Waals surface area contributed by atoms with E-state index in [1.165, 1.54) is 0 Å². The number of carbonyl (C=O) groups is 1. The van der Waals surface area contributed by atoms with E-state index >= 15 is 0 Å². The van der Waals surface area contributed by atoms with Gasteiger partial charge in [-0.1, -0.05) is 13.8 Å². The van der Waals surface area contributed by atoms with Crippen LogP contribution in [-0.4, -0.2) is 82.7 Å². The molecule has 1 amide bonds. The molecular weight excluding hydrogens is 360 g/mol. The maximum Gasteiger partial charge on any atom is 0.407 e. The predicted molar refractivity (Wildman–Crippen MR) is 114 cm³/mol. The third-order valence-electron chi connectivity index (χ3n) is 4.04. The number of nitrogens with one attached hydrogen (secondary N) is 2. The van der Waals surface area contributed by atoms with E-state index < -0.39 is 5.60 Å². The minimum Gasteiger partial charge on any atom is -0.444 e. The van der Waals surface area contributed by atoms with Crippen molar-refractivity contribution in [2.24, 2.45) is 10.9 Å². The molecule has 0 bridgehead atoms. The van der Waals surface area contributed by atoms with E-state index in [2.05, 4.69) is 34.4 Å². The first kappa shape index (κ1) is 26.5. The minimum absolute atomic E-state index is 0.0320. The Morgan fingerprint density at radius 2 is 1.86 bits per heavy atom. The van der Waals surface area contributed by atoms with Crippen LogP contribution in [0.2, 0.25) is 0 Å². The monoisotopic (exact) mass is 402 g/mol. The molecule has 2 N–H and O–H groups in total. The summed E-state index contributed by atoms with van der Waals surface area (Å²) < 4.78 is 15.8. The van der Waals surface area contributed by atoms with E-state index in [-0.39, 0.29) is 12.1 Å². The Morgan fingerprint density at radius 1 is 1.18 bits per heavy atom. The van der Waals surface area contributed by atoms with Gasteiger partial charge in [0.05, 0.1) is 13.2 Å². The van der Waals surface area contributed by atoms with Crippen LogP contribution < -0.4 is 10.6 Å². The third-order valence-corrected chi connectivity index (χ3v) is 4.04. The van der Waals surface area contributed by atoms with Crippen molar-refractivity contribution in [3.63, 3.8) is 0 Å². The second kappa shape index (κ2) is 14.5. The molecule has 1 unspecified atom stereocenters. The number of alkyl carbamates (subject to hydrolysis) is 1. The van der Waals surface area contributed by atoms with Gasteiger partial charge in [-0.05, 0) is 39.5 Å². The first-order chi connectivity index (χ1) is 13.1. The lowest BCUT2D eigenvalue weighted by molar-refractivity contribution is 0.0486. The van der Waals surface area contributed by atoms with Crippen LogP contribution in [0.15, 0.2) is 4.99 Å². The highest BCUT2D eigenvalue weighted by Gasteiger charge is 2.22. The number of methoxy groups -OCH3 is 1. The fourth-order valence-corrected chi connectivity index (χ4v) is 2.47. The summed E-state index contributed by atoms with van der Waals surface area (Å²) >= 11 is 0. The Balaban J connectivity index is 4.31. The van der Waals surface area contributed by atoms with Crippen molar-refractivity contribution >= 4 is 12.1 Å². The van der Waals surface area contributed by atoms with E-state index in [0.29, 0.717) is 25.7 Å². The predicted octanol–water partition coefficient (Wildman–Crippen LogP) is 2.49. The van der Waals surface area contributed by atoms with E-state index in [9.17, 15) is 4.79 Å². The summed E-state index contributed by atoms with van der Waals surface area (Å²) in [5.74, 6) is 1.14. The van der Waals surface area contributed by atoms with Gasteiger partial charge in [-0.15, -0.1) is 0 Å². The number of aliphatic imine (C=N–C) groups is 1. The minimum atomic E-state index is -0.498. The van der Waals surface area contributed by atoms with Crippen LogP contribution in [0.25, 0.3) is 0 Å². The molecule has 0 saturated heterocycles. The molecule has 0 rings (SSSR count). The molecule has 0 spiro atoms. The van der Waals surface area contributed by atoms with Gasteiger partial charge in [0.15, 0.2) is 5.96 Å². The Hall–Kier alpha value is -1.54. The van der Waals surface area contributed by atoms with Crippen LogP contribution in [0.4, 0.5) is 4.79 Å². The van der Waals surface area contributed by atoms with E-state index in [1.807, 2.05) is 27.8 Å². The number of hydrogen-bond acceptors (Lipinski definition) is 5. The van der Waals surface area contributed by atoms with Gasteiger partial charge in [0.1, 0.15) is 5.60 Å². The summed E-state index contributed by atoms with van der Waals surface area (Å²) in [6.45, 7) is 13.3. The first-order valence-corrected chi connectivity index (χ1v) is 10.1. The molecule has 0 aromatic rings. The molecule has 8 heteroatoms. The summed E-state index contributed by atoms with van der Waals surface area (Å²) in [5.41, 5.74) is -0.498. The van der Waals surface area contributed by atoms with Gasteiger partial charge < -0.3 is 29.7 Å². The molecule has 0 aliphatic heterocycles. The third kappa shape index (κ3) is 13.6. The Morgan fingerprint density at radius 3 is 2.39 bits per heavy atom. The normalized spacial score (nSPS) is 13.4. The lowest BCUT2D eigenvalue weighted by Gasteiger charge is -2.28. The molecule has 0 fully saturated rings. The van der Waals surface area contributed by atoms with Crippen molar-refractivity contribution < 1.29 is 19.0 Å². The Kier molecular flexibility index (Phi) is 13.7. The molecule has 0 radical (unpaired) electrons. The van der Waals surface area contributed by atoms with Gasteiger partial charge in [0, 0.05) is 46.9 Å². The number of carbonyl (C=O) groups excluding carboxylic acids is 1. The van der Waals surface area contributed by atoms with Crippen molar-refractivity contribution in [1.29, 1.82) is 0 Å². The summed E-state index contributed by atoms with van der Waals surface area (Å²) in [5, 5.41) is 6.32. The standard InChI is InChI=1S/C20H42N4O4/c1-16(2)17(23-19(25)28-20(3,4)5)10-12-24(7)18(21-6)22-11-9-13-27-15-14-26-8/h16-17H,9-15H2,1-8H3,(H,21,22)(H,23,25). The fourth-order valence-electron chi connectivity index (χ4n) is 2.47. The molecule has 0 aliphatic carbocycles. The van der Waals surface area contributed by atoms with Crippen molar-refractivity contribution in [3.05, 3.63) is 0 Å². The fraction of sp³-hybridized carbons (Fsp3) is 0.900. The van der Waals surface area contributed by atoms with Crippen LogP contribution in [0, 0.1) is 5.92 Å². The summed E-state index contributed by atoms with van der Waals surface area (Å²) in [6, 6.07) is 0.0320. The number of rotatable bonds is 12. The van der Waals surface area contributed by atoms with E-state index in [4.69, 9.17) is 14.2 Å². The number of ether oxygens (including phenoxy) is 3. The van der Waals surface area contributed by atoms with Crippen LogP contribution in [0.3, 0.4) is 0 Å². The van der Waals surface area contributed by atoms with E-state index in [1.54, 1.807) is 14.2 Å². The molecular formula is C20H42N4O4. The van der Waals surface area contributed by atoms with Crippen molar-refractivity contribution in [1.82, 2.24) is 15.5 Å². The van der Waals surface area contributed by atoms with Crippen LogP contribution in [0.5, 0.6) is 0 Å². The molecule has 0 heterocycles. The van der Waals surface area contributed by atoms with Crippen LogP contribution in [0.1, 0.15) is 47.5 Å². The SMILES string of the molecule is CN=C(NCCCOCCOC)N(C)CCC(NC(=O)OC(C)(C)C)C(C)C. The average Bonchev–Trinajstić information content (AvgIpc) is 2.59. The number of nitrogens with zero attached hydrogens (tertiary/aromatic N) is 2. The van der Waals surface area contributed by atoms with Gasteiger partial charge in [-0.3, -0.25) is 4.99 Å². The zero-order valence-corrected chi connectivity index (χ0v) is 19.1. The molecule has 0 aromatic carbocycles. The Labute approximate surface area is 171 Å². The molecule has 0 saturated carbocycles. The smallest absolute Gasteiger partial charge is 0.407 e. The highest BCUT2D eigenvalue weighted by Crippen LogP contribution is 2.11. The van der Waals surface area contributed by atoms with Gasteiger partial charge >= 0.3 is 6.09 Å². The van der Waals surface area contributed by atoms with Crippen molar-refractivity contribution in [2.75, 3.05) is 54.1 Å². The Bertz CT molecular complexity index is 450. The molecule has 0 aliphatic rings. The molecule has 8 nitrogen and oxygen atoms in total. The van der Waals surface area contributed by atoms with Gasteiger partial charge in [0.2, 0.25) is 0 Å². The average molecular weight is 403 g/mol. The zero-order chi connectivity index (χ0) is 21.6. The summed E-state index contributed by atoms with van der Waals surface area (Å²) in [7, 11) is 5.43. The number of hydrogen-bond donors (Lipinski definition) is 2. The van der Waals surface area contributed by atoms with Gasteiger partial charge in [0.25, 0.3) is 0 Å². The molecule has 166 valence electrons. The second-order valence-electron chi connectivity index (χ2n) is 8.14. The zero-order valence-electron chi connectivity index (χ0n) is 19.1. The second-order valence-corrected chi connectivity index (χ2v) is 8.14. The largest absolute Gasteiger partial charge is 0.444 e. The van der Waals surface area contributed by atoms with Gasteiger partial charge in [-0.25, -0.2) is 4.79 Å². The van der Waals surface area contributed by atoms with Crippen molar-refractivity contribution in [3.8, 4) is 0 Å². The summed E-state index contributed by atoms with van der Waals surface area (Å²) in [4.78, 5) is 18.5. The maximum absolute atomic E-state index is 12.1. The van der Waals surface area contributed by atoms with E-state index in [0.717, 1.165) is 31.9 Å². The highest BCUT2D eigenvalue weighted by atomic mass is 16.6. The summed E-state index contributed by atoms with van der Waals surface area (Å²) in [6.07, 6.45) is 1.32. The molecule has 0 aromatic heterocycles. The quantitative estimate of drug-likeness (QED) is 0.296. The number of amides is 1. The number of guanidine groups is 1. The van der Waals surface area contributed by atoms with Crippen LogP contribution in [-0.2, 0) is 14.2 Å². The highest BCUT2D eigenvalue weighted by molar-refractivity contribution is 5.79. The van der Waals surface area contributed by atoms with Crippen LogP contribution >= 0.6 is 0 Å². The molecule has 1 atom stereocenters. The molecule has 28 heavy (non-hydrogen) atoms. The first-order valence-electron chi connectivity index (χ1n) is 10.1. The van der Waals surface area contributed by atoms with Gasteiger partial charge in [-0.2, -0.15) is 0 Å². The maximum atomic E-state index is 12.1. The topological polar surface area (TPSA) is 84.4 Å². The lowest BCUT2D eigenvalue weighted by Crippen LogP contribution is -2.45. The van der Waals surface area contributed by atoms with Crippen molar-refractivity contribution in [2.45, 2.75) is 59.1 Å².